The molecule has 4 heteroatoms. The van der Waals surface area contributed by atoms with E-state index in [1.165, 1.54) is 0 Å². The summed E-state index contributed by atoms with van der Waals surface area (Å²) in [6.07, 6.45) is 3.74. The minimum atomic E-state index is -0.809. The molecule has 0 aromatic heterocycles. The van der Waals surface area contributed by atoms with Crippen LogP contribution in [0.25, 0.3) is 0 Å². The number of anilines is 1. The van der Waals surface area contributed by atoms with Crippen molar-refractivity contribution in [2.75, 3.05) is 11.4 Å². The topological polar surface area (TPSA) is 49.8 Å². The first kappa shape index (κ1) is 19.0. The van der Waals surface area contributed by atoms with Gasteiger partial charge in [0.15, 0.2) is 0 Å². The minimum Gasteiger partial charge on any atom is -0.491 e. The summed E-state index contributed by atoms with van der Waals surface area (Å²) in [6, 6.07) is 17.7. The summed E-state index contributed by atoms with van der Waals surface area (Å²) in [5.41, 5.74) is 0.763. The van der Waals surface area contributed by atoms with Crippen LogP contribution in [0.1, 0.15) is 51.5 Å². The van der Waals surface area contributed by atoms with Gasteiger partial charge in [0.2, 0.25) is 5.91 Å². The molecule has 1 spiro atoms. The second-order valence-corrected chi connectivity index (χ2v) is 8.55. The van der Waals surface area contributed by atoms with Gasteiger partial charge in [-0.3, -0.25) is 4.79 Å². The zero-order chi connectivity index (χ0) is 19.8. The maximum Gasteiger partial charge on any atom is 0.233 e. The highest BCUT2D eigenvalue weighted by molar-refractivity contribution is 6.00. The SMILES string of the molecule is CC(C)Oc1ccc(N2CC[C@]3(CC[C@@](O)(c4ccccc4)CC3)C2=O)cc1. The van der Waals surface area contributed by atoms with Crippen molar-refractivity contribution in [2.45, 2.75) is 57.7 Å². The summed E-state index contributed by atoms with van der Waals surface area (Å²) < 4.78 is 5.70. The fraction of sp³-hybridized carbons (Fsp3) is 0.458. The van der Waals surface area contributed by atoms with Gasteiger partial charge in [-0.1, -0.05) is 30.3 Å². The van der Waals surface area contributed by atoms with Crippen LogP contribution in [0.15, 0.2) is 54.6 Å². The molecule has 1 saturated heterocycles. The van der Waals surface area contributed by atoms with E-state index in [1.54, 1.807) is 0 Å². The third-order valence-electron chi connectivity index (χ3n) is 6.38. The van der Waals surface area contributed by atoms with Crippen LogP contribution in [0.5, 0.6) is 5.75 Å². The molecule has 0 atom stereocenters. The molecule has 1 heterocycles. The molecule has 0 radical (unpaired) electrons. The number of hydrogen-bond donors (Lipinski definition) is 1. The molecule has 28 heavy (non-hydrogen) atoms. The molecule has 2 aromatic rings. The number of benzene rings is 2. The molecule has 1 aliphatic heterocycles. The molecular weight excluding hydrogens is 350 g/mol. The second kappa shape index (κ2) is 7.25. The first-order valence-corrected chi connectivity index (χ1v) is 10.3. The summed E-state index contributed by atoms with van der Waals surface area (Å²) in [6.45, 7) is 4.75. The highest BCUT2D eigenvalue weighted by Crippen LogP contribution is 2.51. The number of aliphatic hydroxyl groups is 1. The van der Waals surface area contributed by atoms with Gasteiger partial charge in [-0.15, -0.1) is 0 Å². The van der Waals surface area contributed by atoms with Gasteiger partial charge in [0.25, 0.3) is 0 Å². The summed E-state index contributed by atoms with van der Waals surface area (Å²) in [7, 11) is 0. The van der Waals surface area contributed by atoms with Crippen molar-refractivity contribution in [2.24, 2.45) is 5.41 Å². The van der Waals surface area contributed by atoms with Crippen LogP contribution in [0, 0.1) is 5.41 Å². The third kappa shape index (κ3) is 3.42. The third-order valence-corrected chi connectivity index (χ3v) is 6.38. The lowest BCUT2D eigenvalue weighted by atomic mass is 9.66. The number of carbonyl (C=O) groups excluding carboxylic acids is 1. The lowest BCUT2D eigenvalue weighted by Gasteiger charge is -2.41. The molecule has 1 N–H and O–H groups in total. The average molecular weight is 380 g/mol. The van der Waals surface area contributed by atoms with Crippen LogP contribution < -0.4 is 9.64 Å². The van der Waals surface area contributed by atoms with Gasteiger partial charge in [-0.2, -0.15) is 0 Å². The van der Waals surface area contributed by atoms with Gasteiger partial charge in [-0.05, 0) is 75.8 Å². The van der Waals surface area contributed by atoms with Crippen molar-refractivity contribution in [3.05, 3.63) is 60.2 Å². The number of rotatable bonds is 4. The van der Waals surface area contributed by atoms with E-state index in [0.717, 1.165) is 42.8 Å². The molecule has 4 nitrogen and oxygen atoms in total. The van der Waals surface area contributed by atoms with Crippen LogP contribution in [0.2, 0.25) is 0 Å². The zero-order valence-corrected chi connectivity index (χ0v) is 16.7. The Balaban J connectivity index is 1.46. The Morgan fingerprint density at radius 1 is 0.929 bits per heavy atom. The molecule has 0 unspecified atom stereocenters. The van der Waals surface area contributed by atoms with Crippen molar-refractivity contribution in [1.82, 2.24) is 0 Å². The quantitative estimate of drug-likeness (QED) is 0.841. The van der Waals surface area contributed by atoms with E-state index >= 15 is 0 Å². The number of ether oxygens (including phenoxy) is 1. The first-order chi connectivity index (χ1) is 13.4. The maximum absolute atomic E-state index is 13.3. The first-order valence-electron chi connectivity index (χ1n) is 10.3. The van der Waals surface area contributed by atoms with Gasteiger partial charge in [0.1, 0.15) is 5.75 Å². The Hall–Kier alpha value is -2.33. The van der Waals surface area contributed by atoms with Gasteiger partial charge in [0.05, 0.1) is 17.1 Å². The summed E-state index contributed by atoms with van der Waals surface area (Å²) in [4.78, 5) is 15.2. The Kier molecular flexibility index (Phi) is 4.92. The minimum absolute atomic E-state index is 0.133. The van der Waals surface area contributed by atoms with Crippen molar-refractivity contribution >= 4 is 11.6 Å². The van der Waals surface area contributed by atoms with Crippen molar-refractivity contribution in [3.63, 3.8) is 0 Å². The number of hydrogen-bond acceptors (Lipinski definition) is 3. The molecule has 1 saturated carbocycles. The predicted molar refractivity (Wildman–Crippen MR) is 110 cm³/mol. The standard InChI is InChI=1S/C24H29NO3/c1-18(2)28-21-10-8-20(9-11-21)25-17-16-23(22(25)26)12-14-24(27,15-13-23)19-6-4-3-5-7-19/h3-11,18,27H,12-17H2,1-2H3/t23-,24+. The number of nitrogens with zero attached hydrogens (tertiary/aromatic N) is 1. The number of amides is 1. The Morgan fingerprint density at radius 2 is 1.57 bits per heavy atom. The number of carbonyl (C=O) groups is 1. The van der Waals surface area contributed by atoms with Crippen LogP contribution in [0.4, 0.5) is 5.69 Å². The Bertz CT molecular complexity index is 821. The molecule has 148 valence electrons. The van der Waals surface area contributed by atoms with Gasteiger partial charge in [-0.25, -0.2) is 0 Å². The van der Waals surface area contributed by atoms with E-state index in [0.29, 0.717) is 12.8 Å². The van der Waals surface area contributed by atoms with E-state index in [9.17, 15) is 9.90 Å². The fourth-order valence-corrected chi connectivity index (χ4v) is 4.69. The van der Waals surface area contributed by atoms with Crippen molar-refractivity contribution in [3.8, 4) is 5.75 Å². The van der Waals surface area contributed by atoms with E-state index < -0.39 is 5.60 Å². The van der Waals surface area contributed by atoms with E-state index in [1.807, 2.05) is 73.3 Å². The smallest absolute Gasteiger partial charge is 0.233 e. The van der Waals surface area contributed by atoms with Gasteiger partial charge >= 0.3 is 0 Å². The van der Waals surface area contributed by atoms with Gasteiger partial charge in [0, 0.05) is 12.2 Å². The van der Waals surface area contributed by atoms with Crippen molar-refractivity contribution in [1.29, 1.82) is 0 Å². The fourth-order valence-electron chi connectivity index (χ4n) is 4.69. The molecule has 1 amide bonds. The van der Waals surface area contributed by atoms with Gasteiger partial charge < -0.3 is 14.7 Å². The Labute approximate surface area is 167 Å². The lowest BCUT2D eigenvalue weighted by molar-refractivity contribution is -0.131. The highest BCUT2D eigenvalue weighted by atomic mass is 16.5. The van der Waals surface area contributed by atoms with E-state index in [4.69, 9.17) is 4.74 Å². The summed E-state index contributed by atoms with van der Waals surface area (Å²) in [5, 5.41) is 11.1. The monoisotopic (exact) mass is 379 g/mol. The molecule has 2 aliphatic rings. The molecule has 2 aromatic carbocycles. The van der Waals surface area contributed by atoms with Crippen molar-refractivity contribution < 1.29 is 14.6 Å². The molecule has 2 fully saturated rings. The lowest BCUT2D eigenvalue weighted by Crippen LogP contribution is -2.42. The normalized spacial score (nSPS) is 27.6. The largest absolute Gasteiger partial charge is 0.491 e. The van der Waals surface area contributed by atoms with Crippen LogP contribution in [-0.4, -0.2) is 23.7 Å². The van der Waals surface area contributed by atoms with E-state index in [2.05, 4.69) is 0 Å². The second-order valence-electron chi connectivity index (χ2n) is 8.55. The molecule has 4 rings (SSSR count). The molecule has 0 bridgehead atoms. The molecule has 1 aliphatic carbocycles. The predicted octanol–water partition coefficient (Wildman–Crippen LogP) is 4.66. The zero-order valence-electron chi connectivity index (χ0n) is 16.7. The maximum atomic E-state index is 13.3. The van der Waals surface area contributed by atoms with Crippen LogP contribution in [-0.2, 0) is 10.4 Å². The highest BCUT2D eigenvalue weighted by Gasteiger charge is 2.51. The average Bonchev–Trinajstić information content (AvgIpc) is 3.02. The Morgan fingerprint density at radius 3 is 2.18 bits per heavy atom. The summed E-state index contributed by atoms with van der Waals surface area (Å²) in [5.74, 6) is 1.03. The summed E-state index contributed by atoms with van der Waals surface area (Å²) >= 11 is 0. The van der Waals surface area contributed by atoms with Crippen LogP contribution in [0.3, 0.4) is 0 Å². The van der Waals surface area contributed by atoms with E-state index in [-0.39, 0.29) is 17.4 Å². The molecular formula is C24H29NO3. The van der Waals surface area contributed by atoms with Crippen LogP contribution >= 0.6 is 0 Å².